The van der Waals surface area contributed by atoms with E-state index in [0.717, 1.165) is 32.1 Å². The van der Waals surface area contributed by atoms with Gasteiger partial charge in [0.25, 0.3) is 0 Å². The number of aliphatic hydroxyl groups excluding tert-OH is 2. The summed E-state index contributed by atoms with van der Waals surface area (Å²) in [5.74, 6) is -0.729. The summed E-state index contributed by atoms with van der Waals surface area (Å²) in [7, 11) is 0. The molecule has 2 saturated carbocycles. The fraction of sp³-hybridized carbons (Fsp3) is 0.824. The number of rotatable bonds is 4. The van der Waals surface area contributed by atoms with E-state index in [0.29, 0.717) is 25.2 Å². The van der Waals surface area contributed by atoms with Crippen molar-refractivity contribution in [3.05, 3.63) is 12.2 Å². The fourth-order valence-corrected chi connectivity index (χ4v) is 4.95. The van der Waals surface area contributed by atoms with E-state index < -0.39 is 11.9 Å². The van der Waals surface area contributed by atoms with Crippen LogP contribution in [0.25, 0.3) is 0 Å². The number of hydrogen-bond acceptors (Lipinski definition) is 5. The minimum atomic E-state index is -0.735. The monoisotopic (exact) mass is 307 g/mol. The van der Waals surface area contributed by atoms with Crippen LogP contribution in [0.2, 0.25) is 0 Å². The Hall–Kier alpha value is -0.930. The van der Waals surface area contributed by atoms with E-state index in [4.69, 9.17) is 9.47 Å². The molecule has 22 heavy (non-hydrogen) atoms. The van der Waals surface area contributed by atoms with E-state index in [2.05, 4.69) is 12.6 Å². The van der Waals surface area contributed by atoms with Crippen LogP contribution in [0, 0.1) is 28.6 Å². The number of ether oxygens (including phenoxy) is 2. The van der Waals surface area contributed by atoms with Gasteiger partial charge < -0.3 is 19.7 Å². The largest absolute Gasteiger partial charge is 0.392 e. The van der Waals surface area contributed by atoms with Gasteiger partial charge in [0.1, 0.15) is 0 Å². The molecule has 4 atom stereocenters. The SMILES string of the molecule is C=C(CO)[C@H](O)CC12CCCC(C#N)C1C1(CC2)OCCO1. The first-order chi connectivity index (χ1) is 10.6. The maximum absolute atomic E-state index is 10.4. The van der Waals surface area contributed by atoms with Gasteiger partial charge in [-0.05, 0) is 36.7 Å². The highest BCUT2D eigenvalue weighted by Crippen LogP contribution is 2.63. The van der Waals surface area contributed by atoms with Crippen LogP contribution in [0.4, 0.5) is 0 Å². The summed E-state index contributed by atoms with van der Waals surface area (Å²) >= 11 is 0. The zero-order valence-electron chi connectivity index (χ0n) is 13.0. The van der Waals surface area contributed by atoms with Crippen LogP contribution in [-0.2, 0) is 9.47 Å². The van der Waals surface area contributed by atoms with Crippen LogP contribution in [0.1, 0.15) is 38.5 Å². The van der Waals surface area contributed by atoms with E-state index >= 15 is 0 Å². The van der Waals surface area contributed by atoms with Gasteiger partial charge in [0.2, 0.25) is 0 Å². The van der Waals surface area contributed by atoms with Crippen LogP contribution in [0.5, 0.6) is 0 Å². The first kappa shape index (κ1) is 15.9. The molecule has 0 aromatic heterocycles. The van der Waals surface area contributed by atoms with Crippen LogP contribution < -0.4 is 0 Å². The Morgan fingerprint density at radius 1 is 1.32 bits per heavy atom. The molecular weight excluding hydrogens is 282 g/mol. The first-order valence-electron chi connectivity index (χ1n) is 8.21. The van der Waals surface area contributed by atoms with Crippen molar-refractivity contribution in [3.8, 4) is 6.07 Å². The van der Waals surface area contributed by atoms with Crippen LogP contribution in [0.3, 0.4) is 0 Å². The molecule has 5 nitrogen and oxygen atoms in total. The molecule has 2 aliphatic carbocycles. The van der Waals surface area contributed by atoms with Crippen molar-refractivity contribution in [3.63, 3.8) is 0 Å². The Bertz CT molecular complexity index is 480. The average molecular weight is 307 g/mol. The Morgan fingerprint density at radius 2 is 2.05 bits per heavy atom. The summed E-state index contributed by atoms with van der Waals surface area (Å²) in [6, 6.07) is 2.45. The number of aliphatic hydroxyl groups is 2. The molecule has 3 fully saturated rings. The van der Waals surface area contributed by atoms with Gasteiger partial charge in [-0.2, -0.15) is 5.26 Å². The topological polar surface area (TPSA) is 82.7 Å². The lowest BCUT2D eigenvalue weighted by atomic mass is 9.60. The van der Waals surface area contributed by atoms with Crippen molar-refractivity contribution in [1.29, 1.82) is 5.26 Å². The minimum absolute atomic E-state index is 0.00222. The predicted molar refractivity (Wildman–Crippen MR) is 79.6 cm³/mol. The normalized spacial score (nSPS) is 37.7. The van der Waals surface area contributed by atoms with Gasteiger partial charge >= 0.3 is 0 Å². The molecule has 0 bridgehead atoms. The molecule has 1 saturated heterocycles. The summed E-state index contributed by atoms with van der Waals surface area (Å²) in [5, 5.41) is 29.2. The van der Waals surface area contributed by atoms with E-state index in [1.54, 1.807) is 0 Å². The van der Waals surface area contributed by atoms with Gasteiger partial charge in [0.15, 0.2) is 5.79 Å². The molecule has 3 unspecified atom stereocenters. The van der Waals surface area contributed by atoms with Gasteiger partial charge in [-0.25, -0.2) is 0 Å². The lowest BCUT2D eigenvalue weighted by Crippen LogP contribution is -2.48. The molecule has 0 aromatic rings. The summed E-state index contributed by atoms with van der Waals surface area (Å²) in [4.78, 5) is 0. The first-order valence-corrected chi connectivity index (χ1v) is 8.21. The highest BCUT2D eigenvalue weighted by molar-refractivity contribution is 5.14. The van der Waals surface area contributed by atoms with Gasteiger partial charge in [0, 0.05) is 12.3 Å². The highest BCUT2D eigenvalue weighted by Gasteiger charge is 2.64. The van der Waals surface area contributed by atoms with Crippen molar-refractivity contribution < 1.29 is 19.7 Å². The number of nitrogens with zero attached hydrogens (tertiary/aromatic N) is 1. The van der Waals surface area contributed by atoms with Crippen molar-refractivity contribution >= 4 is 0 Å². The number of hydrogen-bond donors (Lipinski definition) is 2. The molecule has 2 N–H and O–H groups in total. The quantitative estimate of drug-likeness (QED) is 0.773. The summed E-state index contributed by atoms with van der Waals surface area (Å²) < 4.78 is 11.9. The second kappa shape index (κ2) is 5.93. The van der Waals surface area contributed by atoms with Gasteiger partial charge in [-0.1, -0.05) is 13.0 Å². The standard InChI is InChI=1S/C17H25NO4/c1-12(11-19)14(20)9-16-4-2-3-13(10-18)15(16)17(6-5-16)21-7-8-22-17/h13-15,19-20H,1-9,11H2/t13?,14-,15?,16?/m1/s1. The number of nitriles is 1. The smallest absolute Gasteiger partial charge is 0.173 e. The van der Waals surface area contributed by atoms with Gasteiger partial charge in [-0.3, -0.25) is 0 Å². The molecular formula is C17H25NO4. The van der Waals surface area contributed by atoms with Crippen molar-refractivity contribution in [2.45, 2.75) is 50.4 Å². The lowest BCUT2D eigenvalue weighted by molar-refractivity contribution is -0.211. The van der Waals surface area contributed by atoms with E-state index in [9.17, 15) is 15.5 Å². The second-order valence-corrected chi connectivity index (χ2v) is 7.01. The Balaban J connectivity index is 1.90. The van der Waals surface area contributed by atoms with Crippen molar-refractivity contribution in [2.75, 3.05) is 19.8 Å². The average Bonchev–Trinajstić information content (AvgIpc) is 3.13. The highest BCUT2D eigenvalue weighted by atomic mass is 16.7. The molecule has 1 heterocycles. The van der Waals surface area contributed by atoms with Crippen LogP contribution >= 0.6 is 0 Å². The lowest BCUT2D eigenvalue weighted by Gasteiger charge is -2.47. The van der Waals surface area contributed by atoms with E-state index in [1.807, 2.05) is 0 Å². The zero-order valence-corrected chi connectivity index (χ0v) is 13.0. The zero-order chi connectivity index (χ0) is 15.8. The minimum Gasteiger partial charge on any atom is -0.392 e. The van der Waals surface area contributed by atoms with Gasteiger partial charge in [-0.15, -0.1) is 0 Å². The van der Waals surface area contributed by atoms with E-state index in [1.165, 1.54) is 0 Å². The molecule has 3 rings (SSSR count). The fourth-order valence-electron chi connectivity index (χ4n) is 4.95. The molecule has 1 aliphatic heterocycles. The molecule has 122 valence electrons. The van der Waals surface area contributed by atoms with Crippen molar-refractivity contribution in [2.24, 2.45) is 17.3 Å². The summed E-state index contributed by atoms with van der Waals surface area (Å²) in [5.41, 5.74) is 0.293. The van der Waals surface area contributed by atoms with E-state index in [-0.39, 0.29) is 23.9 Å². The third-order valence-corrected chi connectivity index (χ3v) is 5.91. The molecule has 3 aliphatic rings. The Morgan fingerprint density at radius 3 is 2.68 bits per heavy atom. The third kappa shape index (κ3) is 2.39. The Kier molecular flexibility index (Phi) is 4.30. The van der Waals surface area contributed by atoms with Gasteiger partial charge in [0.05, 0.1) is 37.9 Å². The molecule has 0 radical (unpaired) electrons. The third-order valence-electron chi connectivity index (χ3n) is 5.91. The van der Waals surface area contributed by atoms with Crippen molar-refractivity contribution in [1.82, 2.24) is 0 Å². The maximum atomic E-state index is 10.4. The van der Waals surface area contributed by atoms with Crippen LogP contribution in [0.15, 0.2) is 12.2 Å². The molecule has 5 heteroatoms. The molecule has 0 aromatic carbocycles. The Labute approximate surface area is 131 Å². The predicted octanol–water partition coefficient (Wildman–Crippen LogP) is 1.75. The summed E-state index contributed by atoms with van der Waals surface area (Å²) in [6.45, 7) is 4.70. The second-order valence-electron chi connectivity index (χ2n) is 7.01. The van der Waals surface area contributed by atoms with Crippen LogP contribution in [-0.4, -0.2) is 41.9 Å². The number of fused-ring (bicyclic) bond motifs is 2. The molecule has 0 amide bonds. The molecule has 1 spiro atoms. The maximum Gasteiger partial charge on any atom is 0.173 e. The summed E-state index contributed by atoms with van der Waals surface area (Å²) in [6.07, 6.45) is 4.31.